The van der Waals surface area contributed by atoms with Gasteiger partial charge in [-0.2, -0.15) is 0 Å². The average molecular weight is 366 g/mol. The Balaban J connectivity index is 2.02. The first kappa shape index (κ1) is 18.3. The molecule has 0 unspecified atom stereocenters. The molecule has 0 saturated heterocycles. The van der Waals surface area contributed by atoms with E-state index in [2.05, 4.69) is 23.7 Å². The van der Waals surface area contributed by atoms with Gasteiger partial charge in [-0.1, -0.05) is 72.2 Å². The van der Waals surface area contributed by atoms with Crippen molar-refractivity contribution < 1.29 is 9.22 Å². The first-order chi connectivity index (χ1) is 13.2. The van der Waals surface area contributed by atoms with Gasteiger partial charge in [-0.25, -0.2) is 0 Å². The lowest BCUT2D eigenvalue weighted by Gasteiger charge is -2.06. The SMILES string of the molecule is CC(=O)O[SiH2]c1cccc(C#Cc2ccccc2)c1C#Cc1ccccc1. The molecule has 0 heterocycles. The molecule has 0 saturated carbocycles. The van der Waals surface area contributed by atoms with Gasteiger partial charge < -0.3 is 4.43 Å². The topological polar surface area (TPSA) is 26.3 Å². The Morgan fingerprint density at radius 3 is 1.93 bits per heavy atom. The van der Waals surface area contributed by atoms with E-state index in [0.717, 1.165) is 27.4 Å². The molecule has 0 aliphatic rings. The van der Waals surface area contributed by atoms with Gasteiger partial charge in [0.05, 0.1) is 0 Å². The van der Waals surface area contributed by atoms with Gasteiger partial charge in [0.2, 0.25) is 0 Å². The molecule has 0 radical (unpaired) electrons. The minimum Gasteiger partial charge on any atom is -0.521 e. The normalized spacial score (nSPS) is 9.81. The Kier molecular flexibility index (Phi) is 6.25. The van der Waals surface area contributed by atoms with Gasteiger partial charge in [-0.3, -0.25) is 4.79 Å². The predicted octanol–water partition coefficient (Wildman–Crippen LogP) is 2.76. The fraction of sp³-hybridized carbons (Fsp3) is 0.0417. The van der Waals surface area contributed by atoms with Crippen molar-refractivity contribution in [1.29, 1.82) is 0 Å². The fourth-order valence-corrected chi connectivity index (χ4v) is 3.48. The second kappa shape index (κ2) is 9.24. The standard InChI is InChI=1S/C24H18O2Si/c1-19(25)26-27-24-14-8-13-22(17-15-20-9-4-2-5-10-20)23(24)18-16-21-11-6-3-7-12-21/h2-14H,27H2,1H3. The van der Waals surface area contributed by atoms with E-state index >= 15 is 0 Å². The molecule has 3 aromatic rings. The lowest BCUT2D eigenvalue weighted by Crippen LogP contribution is -2.23. The van der Waals surface area contributed by atoms with Crippen LogP contribution in [0.25, 0.3) is 0 Å². The van der Waals surface area contributed by atoms with E-state index < -0.39 is 9.76 Å². The Morgan fingerprint density at radius 1 is 0.741 bits per heavy atom. The van der Waals surface area contributed by atoms with E-state index in [1.165, 1.54) is 6.92 Å². The van der Waals surface area contributed by atoms with E-state index in [-0.39, 0.29) is 5.97 Å². The van der Waals surface area contributed by atoms with E-state index in [1.54, 1.807) is 0 Å². The van der Waals surface area contributed by atoms with Crippen molar-refractivity contribution in [2.24, 2.45) is 0 Å². The third kappa shape index (κ3) is 5.47. The molecule has 0 aliphatic carbocycles. The quantitative estimate of drug-likeness (QED) is 0.515. The van der Waals surface area contributed by atoms with Crippen molar-refractivity contribution in [2.45, 2.75) is 6.92 Å². The lowest BCUT2D eigenvalue weighted by atomic mass is 10.1. The third-order valence-corrected chi connectivity index (χ3v) is 5.25. The number of carbonyl (C=O) groups excluding carboxylic acids is 1. The van der Waals surface area contributed by atoms with Crippen LogP contribution in [0.2, 0.25) is 0 Å². The summed E-state index contributed by atoms with van der Waals surface area (Å²) in [5.41, 5.74) is 3.57. The van der Waals surface area contributed by atoms with Gasteiger partial charge in [0.25, 0.3) is 15.7 Å². The number of rotatable bonds is 2. The Labute approximate surface area is 162 Å². The van der Waals surface area contributed by atoms with Crippen molar-refractivity contribution in [3.63, 3.8) is 0 Å². The molecule has 130 valence electrons. The maximum Gasteiger partial charge on any atom is 0.289 e. The summed E-state index contributed by atoms with van der Waals surface area (Å²) in [4.78, 5) is 11.3. The molecule has 27 heavy (non-hydrogen) atoms. The van der Waals surface area contributed by atoms with E-state index in [9.17, 15) is 4.79 Å². The zero-order valence-electron chi connectivity index (χ0n) is 15.0. The first-order valence-corrected chi connectivity index (χ1v) is 9.90. The predicted molar refractivity (Wildman–Crippen MR) is 111 cm³/mol. The summed E-state index contributed by atoms with van der Waals surface area (Å²) in [6, 6.07) is 25.5. The van der Waals surface area contributed by atoms with Crippen molar-refractivity contribution in [1.82, 2.24) is 0 Å². The highest BCUT2D eigenvalue weighted by atomic mass is 28.2. The van der Waals surface area contributed by atoms with E-state index in [0.29, 0.717) is 0 Å². The van der Waals surface area contributed by atoms with E-state index in [1.807, 2.05) is 78.9 Å². The van der Waals surface area contributed by atoms with Crippen LogP contribution in [0.15, 0.2) is 78.9 Å². The Bertz CT molecular complexity index is 1050. The number of hydrogen-bond donors (Lipinski definition) is 0. The summed E-state index contributed by atoms with van der Waals surface area (Å²) < 4.78 is 5.32. The zero-order chi connectivity index (χ0) is 18.9. The molecule has 0 fully saturated rings. The summed E-state index contributed by atoms with van der Waals surface area (Å²) in [7, 11) is -1.21. The molecule has 2 nitrogen and oxygen atoms in total. The summed E-state index contributed by atoms with van der Waals surface area (Å²) in [6.45, 7) is 1.43. The molecule has 0 aromatic heterocycles. The molecule has 3 heteroatoms. The summed E-state index contributed by atoms with van der Waals surface area (Å²) in [5.74, 6) is 12.6. The zero-order valence-corrected chi connectivity index (χ0v) is 16.4. The van der Waals surface area contributed by atoms with Crippen LogP contribution in [0.1, 0.15) is 29.2 Å². The van der Waals surface area contributed by atoms with Crippen molar-refractivity contribution in [3.8, 4) is 23.7 Å². The third-order valence-electron chi connectivity index (χ3n) is 3.80. The van der Waals surface area contributed by atoms with Crippen molar-refractivity contribution >= 4 is 20.9 Å². The molecule has 0 atom stereocenters. The Hall–Kier alpha value is -3.53. The number of carbonyl (C=O) groups is 1. The van der Waals surface area contributed by atoms with Crippen LogP contribution in [-0.2, 0) is 9.22 Å². The molecule has 0 aliphatic heterocycles. The molecule has 0 amide bonds. The molecule has 0 bridgehead atoms. The van der Waals surface area contributed by atoms with Crippen LogP contribution >= 0.6 is 0 Å². The molecular formula is C24H18O2Si. The second-order valence-electron chi connectivity index (χ2n) is 5.85. The number of hydrogen-bond acceptors (Lipinski definition) is 2. The molecule has 3 rings (SSSR count). The van der Waals surface area contributed by atoms with Gasteiger partial charge in [0.15, 0.2) is 0 Å². The van der Waals surface area contributed by atoms with Gasteiger partial charge in [-0.05, 0) is 35.5 Å². The highest BCUT2D eigenvalue weighted by Crippen LogP contribution is 2.06. The second-order valence-corrected chi connectivity index (χ2v) is 7.19. The summed E-state index contributed by atoms with van der Waals surface area (Å²) in [5, 5.41) is 0.980. The monoisotopic (exact) mass is 366 g/mol. The van der Waals surface area contributed by atoms with Gasteiger partial charge in [0.1, 0.15) is 0 Å². The minimum absolute atomic E-state index is 0.260. The molecule has 3 aromatic carbocycles. The summed E-state index contributed by atoms with van der Waals surface area (Å²) in [6.07, 6.45) is 0. The van der Waals surface area contributed by atoms with Gasteiger partial charge >= 0.3 is 0 Å². The smallest absolute Gasteiger partial charge is 0.289 e. The van der Waals surface area contributed by atoms with Crippen molar-refractivity contribution in [3.05, 3.63) is 101 Å². The van der Waals surface area contributed by atoms with Crippen LogP contribution in [0.4, 0.5) is 0 Å². The average Bonchev–Trinajstić information content (AvgIpc) is 2.71. The van der Waals surface area contributed by atoms with Crippen LogP contribution in [0, 0.1) is 23.7 Å². The maximum atomic E-state index is 11.3. The highest BCUT2D eigenvalue weighted by Gasteiger charge is 2.07. The van der Waals surface area contributed by atoms with Crippen LogP contribution in [-0.4, -0.2) is 15.7 Å². The van der Waals surface area contributed by atoms with Crippen LogP contribution < -0.4 is 5.19 Å². The van der Waals surface area contributed by atoms with Crippen molar-refractivity contribution in [2.75, 3.05) is 0 Å². The molecular weight excluding hydrogens is 348 g/mol. The fourth-order valence-electron chi connectivity index (χ4n) is 2.47. The minimum atomic E-state index is -1.21. The maximum absolute atomic E-state index is 11.3. The molecule has 0 spiro atoms. The summed E-state index contributed by atoms with van der Waals surface area (Å²) >= 11 is 0. The van der Waals surface area contributed by atoms with Gasteiger partial charge in [0, 0.05) is 29.2 Å². The first-order valence-electron chi connectivity index (χ1n) is 8.62. The van der Waals surface area contributed by atoms with Gasteiger partial charge in [-0.15, -0.1) is 0 Å². The number of benzene rings is 3. The lowest BCUT2D eigenvalue weighted by molar-refractivity contribution is -0.131. The molecule has 0 N–H and O–H groups in total. The van der Waals surface area contributed by atoms with Crippen LogP contribution in [0.3, 0.4) is 0 Å². The largest absolute Gasteiger partial charge is 0.521 e. The van der Waals surface area contributed by atoms with Crippen LogP contribution in [0.5, 0.6) is 0 Å². The highest BCUT2D eigenvalue weighted by molar-refractivity contribution is 6.50. The van der Waals surface area contributed by atoms with E-state index in [4.69, 9.17) is 4.43 Å². The Morgan fingerprint density at radius 2 is 1.33 bits per heavy atom.